The van der Waals surface area contributed by atoms with Crippen LogP contribution < -0.4 is 15.4 Å². The molecule has 2 aromatic carbocycles. The van der Waals surface area contributed by atoms with Crippen LogP contribution >= 0.6 is 0 Å². The molecule has 3 rings (SSSR count). The van der Waals surface area contributed by atoms with Gasteiger partial charge in [0.25, 0.3) is 5.91 Å². The van der Waals surface area contributed by atoms with Crippen LogP contribution in [-0.4, -0.2) is 17.4 Å². The fraction of sp³-hybridized carbons (Fsp3) is 0.0476. The molecule has 0 radical (unpaired) electrons. The van der Waals surface area contributed by atoms with Crippen LogP contribution in [-0.2, 0) is 0 Å². The molecule has 0 bridgehead atoms. The number of nitrogens with zero attached hydrogens (tertiary/aromatic N) is 1. The van der Waals surface area contributed by atoms with Gasteiger partial charge < -0.3 is 15.4 Å². The Labute approximate surface area is 152 Å². The highest BCUT2D eigenvalue weighted by atomic mass is 16.5. The summed E-state index contributed by atoms with van der Waals surface area (Å²) in [5.41, 5.74) is 2.01. The number of hydrogen-bond acceptors (Lipinski definition) is 4. The molecule has 1 heterocycles. The highest BCUT2D eigenvalue weighted by Crippen LogP contribution is 2.24. The second kappa shape index (κ2) is 8.48. The quantitative estimate of drug-likeness (QED) is 0.617. The van der Waals surface area contributed by atoms with Gasteiger partial charge in [-0.1, -0.05) is 24.3 Å². The summed E-state index contributed by atoms with van der Waals surface area (Å²) in [6.45, 7) is 3.98. The van der Waals surface area contributed by atoms with Crippen LogP contribution in [0.5, 0.6) is 11.5 Å². The molecule has 5 heteroatoms. The first kappa shape index (κ1) is 17.2. The second-order valence-electron chi connectivity index (χ2n) is 5.49. The minimum Gasteiger partial charge on any atom is -0.457 e. The smallest absolute Gasteiger partial charge is 0.270 e. The Hall–Kier alpha value is -3.60. The summed E-state index contributed by atoms with van der Waals surface area (Å²) in [5, 5.41) is 5.96. The molecule has 0 aliphatic carbocycles. The molecule has 0 unspecified atom stereocenters. The molecule has 0 atom stereocenters. The van der Waals surface area contributed by atoms with Gasteiger partial charge in [0, 0.05) is 24.1 Å². The Bertz CT molecular complexity index is 877. The molecule has 26 heavy (non-hydrogen) atoms. The predicted octanol–water partition coefficient (Wildman–Crippen LogP) is 4.53. The number of anilines is 2. The fourth-order valence-corrected chi connectivity index (χ4v) is 2.29. The zero-order valence-corrected chi connectivity index (χ0v) is 14.2. The molecule has 1 aromatic heterocycles. The summed E-state index contributed by atoms with van der Waals surface area (Å²) in [4.78, 5) is 16.0. The average Bonchev–Trinajstić information content (AvgIpc) is 2.69. The van der Waals surface area contributed by atoms with E-state index in [2.05, 4.69) is 22.2 Å². The number of aromatic nitrogens is 1. The molecular weight excluding hydrogens is 326 g/mol. The monoisotopic (exact) mass is 345 g/mol. The molecule has 0 aliphatic heterocycles. The summed E-state index contributed by atoms with van der Waals surface area (Å²) in [5.74, 6) is 1.30. The van der Waals surface area contributed by atoms with Crippen LogP contribution in [0, 0.1) is 0 Å². The van der Waals surface area contributed by atoms with Crippen molar-refractivity contribution >= 4 is 17.3 Å². The number of benzene rings is 2. The van der Waals surface area contributed by atoms with Crippen LogP contribution in [0.1, 0.15) is 10.5 Å². The minimum absolute atomic E-state index is 0.236. The third kappa shape index (κ3) is 4.70. The molecule has 0 saturated heterocycles. The first-order valence-corrected chi connectivity index (χ1v) is 8.20. The summed E-state index contributed by atoms with van der Waals surface area (Å²) in [6.07, 6.45) is 3.22. The van der Waals surface area contributed by atoms with Gasteiger partial charge in [0.1, 0.15) is 17.2 Å². The van der Waals surface area contributed by atoms with E-state index in [1.54, 1.807) is 24.4 Å². The van der Waals surface area contributed by atoms with Crippen LogP contribution in [0.2, 0.25) is 0 Å². The molecule has 0 aliphatic rings. The lowest BCUT2D eigenvalue weighted by Gasteiger charge is -2.10. The van der Waals surface area contributed by atoms with Gasteiger partial charge in [0.2, 0.25) is 0 Å². The maximum absolute atomic E-state index is 12.0. The number of para-hydroxylation sites is 1. The minimum atomic E-state index is -0.236. The highest BCUT2D eigenvalue weighted by Gasteiger charge is 2.07. The van der Waals surface area contributed by atoms with Gasteiger partial charge in [-0.2, -0.15) is 0 Å². The summed E-state index contributed by atoms with van der Waals surface area (Å²) >= 11 is 0. The molecule has 5 nitrogen and oxygen atoms in total. The van der Waals surface area contributed by atoms with E-state index in [0.717, 1.165) is 22.9 Å². The lowest BCUT2D eigenvalue weighted by Crippen LogP contribution is -2.24. The Morgan fingerprint density at radius 3 is 2.46 bits per heavy atom. The molecule has 0 fully saturated rings. The van der Waals surface area contributed by atoms with Crippen molar-refractivity contribution in [1.29, 1.82) is 0 Å². The molecule has 130 valence electrons. The molecule has 0 saturated carbocycles. The third-order valence-corrected chi connectivity index (χ3v) is 3.52. The maximum Gasteiger partial charge on any atom is 0.270 e. The summed E-state index contributed by atoms with van der Waals surface area (Å²) in [6, 6.07) is 20.7. The molecular formula is C21H19N3O2. The first-order valence-electron chi connectivity index (χ1n) is 8.20. The zero-order chi connectivity index (χ0) is 18.2. The van der Waals surface area contributed by atoms with Gasteiger partial charge >= 0.3 is 0 Å². The fourth-order valence-electron chi connectivity index (χ4n) is 2.29. The number of carbonyl (C=O) groups excluding carboxylic acids is 1. The van der Waals surface area contributed by atoms with E-state index < -0.39 is 0 Å². The zero-order valence-electron chi connectivity index (χ0n) is 14.2. The van der Waals surface area contributed by atoms with E-state index in [1.807, 2.05) is 54.6 Å². The van der Waals surface area contributed by atoms with Crippen molar-refractivity contribution in [3.05, 3.63) is 91.3 Å². The molecule has 2 N–H and O–H groups in total. The van der Waals surface area contributed by atoms with Crippen LogP contribution in [0.4, 0.5) is 11.4 Å². The lowest BCUT2D eigenvalue weighted by atomic mass is 10.2. The van der Waals surface area contributed by atoms with Crippen LogP contribution in [0.15, 0.2) is 85.6 Å². The highest BCUT2D eigenvalue weighted by molar-refractivity contribution is 5.93. The van der Waals surface area contributed by atoms with Crippen molar-refractivity contribution in [2.24, 2.45) is 0 Å². The number of carbonyl (C=O) groups is 1. The van der Waals surface area contributed by atoms with E-state index in [-0.39, 0.29) is 5.91 Å². The third-order valence-electron chi connectivity index (χ3n) is 3.52. The SMILES string of the molecule is C=CCNC(=O)c1cc(Nc2ccc(Oc3ccccc3)cc2)ccn1. The van der Waals surface area contributed by atoms with E-state index in [9.17, 15) is 4.79 Å². The Kier molecular flexibility index (Phi) is 5.62. The molecule has 3 aromatic rings. The average molecular weight is 345 g/mol. The number of ether oxygens (including phenoxy) is 1. The van der Waals surface area contributed by atoms with E-state index in [4.69, 9.17) is 4.74 Å². The van der Waals surface area contributed by atoms with Crippen molar-refractivity contribution in [2.45, 2.75) is 0 Å². The van der Waals surface area contributed by atoms with Crippen LogP contribution in [0.3, 0.4) is 0 Å². The van der Waals surface area contributed by atoms with Crippen LogP contribution in [0.25, 0.3) is 0 Å². The van der Waals surface area contributed by atoms with Crippen molar-refractivity contribution in [3.63, 3.8) is 0 Å². The summed E-state index contributed by atoms with van der Waals surface area (Å²) < 4.78 is 5.77. The van der Waals surface area contributed by atoms with Crippen molar-refractivity contribution in [3.8, 4) is 11.5 Å². The largest absolute Gasteiger partial charge is 0.457 e. The number of amides is 1. The van der Waals surface area contributed by atoms with Gasteiger partial charge in [-0.15, -0.1) is 6.58 Å². The van der Waals surface area contributed by atoms with E-state index in [0.29, 0.717) is 12.2 Å². The normalized spacial score (nSPS) is 10.0. The van der Waals surface area contributed by atoms with Gasteiger partial charge in [-0.25, -0.2) is 0 Å². The van der Waals surface area contributed by atoms with E-state index >= 15 is 0 Å². The Balaban J connectivity index is 1.65. The topological polar surface area (TPSA) is 63.2 Å². The molecule has 0 spiro atoms. The number of pyridine rings is 1. The second-order valence-corrected chi connectivity index (χ2v) is 5.49. The standard InChI is InChI=1S/C21H19N3O2/c1-2-13-23-21(25)20-15-17(12-14-22-20)24-16-8-10-19(11-9-16)26-18-6-4-3-5-7-18/h2-12,14-15H,1,13H2,(H,22,24)(H,23,25). The Morgan fingerprint density at radius 1 is 1.00 bits per heavy atom. The summed E-state index contributed by atoms with van der Waals surface area (Å²) in [7, 11) is 0. The van der Waals surface area contributed by atoms with Crippen molar-refractivity contribution < 1.29 is 9.53 Å². The number of hydrogen-bond donors (Lipinski definition) is 2. The predicted molar refractivity (Wildman–Crippen MR) is 103 cm³/mol. The lowest BCUT2D eigenvalue weighted by molar-refractivity contribution is 0.0953. The number of nitrogens with one attached hydrogen (secondary N) is 2. The maximum atomic E-state index is 12.0. The van der Waals surface area contributed by atoms with Gasteiger partial charge in [-0.05, 0) is 48.5 Å². The van der Waals surface area contributed by atoms with Crippen molar-refractivity contribution in [2.75, 3.05) is 11.9 Å². The van der Waals surface area contributed by atoms with Crippen molar-refractivity contribution in [1.82, 2.24) is 10.3 Å². The van der Waals surface area contributed by atoms with Gasteiger partial charge in [-0.3, -0.25) is 9.78 Å². The number of rotatable bonds is 7. The Morgan fingerprint density at radius 2 is 1.73 bits per heavy atom. The van der Waals surface area contributed by atoms with E-state index in [1.165, 1.54) is 0 Å². The van der Waals surface area contributed by atoms with Gasteiger partial charge in [0.05, 0.1) is 0 Å². The first-order chi connectivity index (χ1) is 12.7. The van der Waals surface area contributed by atoms with Gasteiger partial charge in [0.15, 0.2) is 0 Å². The molecule has 1 amide bonds.